The summed E-state index contributed by atoms with van der Waals surface area (Å²) in [5, 5.41) is 5.02. The van der Waals surface area contributed by atoms with E-state index in [9.17, 15) is 9.18 Å². The second-order valence-electron chi connectivity index (χ2n) is 8.51. The lowest BCUT2D eigenvalue weighted by atomic mass is 10.0. The average molecular weight is 509 g/mol. The van der Waals surface area contributed by atoms with Gasteiger partial charge in [-0.15, -0.1) is 0 Å². The van der Waals surface area contributed by atoms with E-state index in [1.54, 1.807) is 29.0 Å². The van der Waals surface area contributed by atoms with Crippen molar-refractivity contribution in [1.82, 2.24) is 19.8 Å². The molecule has 3 heterocycles. The number of fused-ring (bicyclic) bond motifs is 3. The molecule has 5 rings (SSSR count). The van der Waals surface area contributed by atoms with Gasteiger partial charge >= 0.3 is 6.03 Å². The van der Waals surface area contributed by atoms with Gasteiger partial charge in [0.25, 0.3) is 0 Å². The van der Waals surface area contributed by atoms with Crippen molar-refractivity contribution in [3.8, 4) is 0 Å². The Hall–Kier alpha value is -3.19. The third-order valence-electron chi connectivity index (χ3n) is 6.17. The monoisotopic (exact) mass is 508 g/mol. The zero-order valence-electron chi connectivity index (χ0n) is 18.8. The minimum atomic E-state index is -0.241. The van der Waals surface area contributed by atoms with Crippen LogP contribution in [0.1, 0.15) is 22.4 Å². The average Bonchev–Trinajstić information content (AvgIpc) is 3.17. The Morgan fingerprint density at radius 1 is 1.11 bits per heavy atom. The molecule has 2 aromatic heterocycles. The molecule has 5 nitrogen and oxygen atoms in total. The lowest BCUT2D eigenvalue weighted by Gasteiger charge is -2.27. The summed E-state index contributed by atoms with van der Waals surface area (Å²) in [6.45, 7) is 2.63. The standard InChI is InChI=1S/C27H23Cl2FN4O/c28-20-5-8-24-22(15-20)23-17-33(12-1-2-18-3-6-21(30)7-4-18)13-10-25(23)34(24)27(35)32-16-19-9-11-31-26(29)14-19/h1-9,11,14-15H,10,12-13,16-17H2,(H,32,35)/b2-1+. The number of pyridine rings is 1. The molecule has 1 amide bonds. The SMILES string of the molecule is O=C(NCc1ccnc(Cl)c1)n1c2c(c3cc(Cl)ccc31)CN(C/C=C/c1ccc(F)cc1)CC2. The van der Waals surface area contributed by atoms with E-state index in [-0.39, 0.29) is 11.8 Å². The molecule has 0 radical (unpaired) electrons. The molecule has 35 heavy (non-hydrogen) atoms. The molecule has 1 N–H and O–H groups in total. The number of benzene rings is 2. The number of aromatic nitrogens is 2. The Kier molecular flexibility index (Phi) is 6.86. The van der Waals surface area contributed by atoms with Gasteiger partial charge in [0.05, 0.1) is 5.52 Å². The third kappa shape index (κ3) is 5.25. The smallest absolute Gasteiger partial charge is 0.326 e. The lowest BCUT2D eigenvalue weighted by Crippen LogP contribution is -2.34. The van der Waals surface area contributed by atoms with Gasteiger partial charge in [-0.05, 0) is 59.2 Å². The highest BCUT2D eigenvalue weighted by atomic mass is 35.5. The number of halogens is 3. The zero-order valence-corrected chi connectivity index (χ0v) is 20.4. The molecule has 0 fully saturated rings. The van der Waals surface area contributed by atoms with Crippen molar-refractivity contribution >= 4 is 46.2 Å². The summed E-state index contributed by atoms with van der Waals surface area (Å²) in [7, 11) is 0. The Balaban J connectivity index is 1.37. The Labute approximate surface area is 212 Å². The number of carbonyl (C=O) groups excluding carboxylic acids is 1. The fourth-order valence-corrected chi connectivity index (χ4v) is 4.86. The van der Waals surface area contributed by atoms with Gasteiger partial charge in [0.2, 0.25) is 0 Å². The Morgan fingerprint density at radius 2 is 1.94 bits per heavy atom. The molecule has 1 aliphatic rings. The highest BCUT2D eigenvalue weighted by Gasteiger charge is 2.26. The number of nitrogens with one attached hydrogen (secondary N) is 1. The second-order valence-corrected chi connectivity index (χ2v) is 9.33. The van der Waals surface area contributed by atoms with Gasteiger partial charge < -0.3 is 5.32 Å². The van der Waals surface area contributed by atoms with E-state index in [1.807, 2.05) is 30.3 Å². The van der Waals surface area contributed by atoms with Crippen LogP contribution in [-0.2, 0) is 19.5 Å². The summed E-state index contributed by atoms with van der Waals surface area (Å²) in [4.78, 5) is 19.6. The largest absolute Gasteiger partial charge is 0.333 e. The van der Waals surface area contributed by atoms with Gasteiger partial charge in [-0.2, -0.15) is 0 Å². The maximum atomic E-state index is 13.3. The molecule has 0 unspecified atom stereocenters. The van der Waals surface area contributed by atoms with E-state index in [0.717, 1.165) is 52.8 Å². The maximum absolute atomic E-state index is 13.3. The molecule has 178 valence electrons. The molecule has 0 saturated heterocycles. The molecule has 0 spiro atoms. The van der Waals surface area contributed by atoms with E-state index in [1.165, 1.54) is 12.1 Å². The molecule has 2 aromatic carbocycles. The fraction of sp³-hybridized carbons (Fsp3) is 0.185. The highest BCUT2D eigenvalue weighted by molar-refractivity contribution is 6.31. The molecule has 0 saturated carbocycles. The molecule has 8 heteroatoms. The number of rotatable bonds is 5. The van der Waals surface area contributed by atoms with Crippen molar-refractivity contribution in [2.24, 2.45) is 0 Å². The van der Waals surface area contributed by atoms with Crippen LogP contribution in [0.2, 0.25) is 10.2 Å². The summed E-state index contributed by atoms with van der Waals surface area (Å²) in [5.74, 6) is -0.241. The molecule has 1 aliphatic heterocycles. The molecule has 4 aromatic rings. The number of hydrogen-bond donors (Lipinski definition) is 1. The Morgan fingerprint density at radius 3 is 2.74 bits per heavy atom. The van der Waals surface area contributed by atoms with Crippen LogP contribution in [0.25, 0.3) is 17.0 Å². The summed E-state index contributed by atoms with van der Waals surface area (Å²) in [5.41, 5.74) is 4.80. The van der Waals surface area contributed by atoms with Crippen LogP contribution < -0.4 is 5.32 Å². The minimum absolute atomic E-state index is 0.184. The van der Waals surface area contributed by atoms with Crippen molar-refractivity contribution < 1.29 is 9.18 Å². The van der Waals surface area contributed by atoms with Crippen LogP contribution in [0.15, 0.2) is 66.9 Å². The number of amides is 1. The molecule has 0 aliphatic carbocycles. The van der Waals surface area contributed by atoms with Crippen LogP contribution in [0, 0.1) is 5.82 Å². The number of carbonyl (C=O) groups is 1. The lowest BCUT2D eigenvalue weighted by molar-refractivity contribution is 0.240. The maximum Gasteiger partial charge on any atom is 0.326 e. The van der Waals surface area contributed by atoms with E-state index in [2.05, 4.69) is 21.3 Å². The van der Waals surface area contributed by atoms with Crippen LogP contribution in [-0.4, -0.2) is 33.6 Å². The van der Waals surface area contributed by atoms with E-state index < -0.39 is 0 Å². The van der Waals surface area contributed by atoms with E-state index >= 15 is 0 Å². The predicted octanol–water partition coefficient (Wildman–Crippen LogP) is 6.31. The van der Waals surface area contributed by atoms with Gasteiger partial charge in [-0.1, -0.05) is 47.5 Å². The van der Waals surface area contributed by atoms with Crippen LogP contribution in [0.3, 0.4) is 0 Å². The topological polar surface area (TPSA) is 50.2 Å². The first-order valence-corrected chi connectivity index (χ1v) is 12.1. The quantitative estimate of drug-likeness (QED) is 0.321. The van der Waals surface area contributed by atoms with Gasteiger partial charge in [-0.3, -0.25) is 9.47 Å². The molecular formula is C27H23Cl2FN4O. The van der Waals surface area contributed by atoms with Gasteiger partial charge in [-0.25, -0.2) is 14.2 Å². The predicted molar refractivity (Wildman–Crippen MR) is 138 cm³/mol. The summed E-state index contributed by atoms with van der Waals surface area (Å²) < 4.78 is 14.9. The first kappa shape index (κ1) is 23.5. The minimum Gasteiger partial charge on any atom is -0.333 e. The van der Waals surface area contributed by atoms with Crippen LogP contribution in [0.5, 0.6) is 0 Å². The van der Waals surface area contributed by atoms with Crippen molar-refractivity contribution in [3.05, 3.63) is 105 Å². The normalized spacial score (nSPS) is 13.9. The number of hydrogen-bond acceptors (Lipinski definition) is 3. The van der Waals surface area contributed by atoms with Crippen LogP contribution in [0.4, 0.5) is 9.18 Å². The van der Waals surface area contributed by atoms with Crippen LogP contribution >= 0.6 is 23.2 Å². The summed E-state index contributed by atoms with van der Waals surface area (Å²) >= 11 is 12.3. The first-order chi connectivity index (χ1) is 17.0. The van der Waals surface area contributed by atoms with E-state index in [4.69, 9.17) is 23.2 Å². The molecule has 0 atom stereocenters. The van der Waals surface area contributed by atoms with Crippen molar-refractivity contribution in [3.63, 3.8) is 0 Å². The number of nitrogens with zero attached hydrogens (tertiary/aromatic N) is 3. The molecular weight excluding hydrogens is 486 g/mol. The first-order valence-electron chi connectivity index (χ1n) is 11.3. The van der Waals surface area contributed by atoms with Crippen molar-refractivity contribution in [2.75, 3.05) is 13.1 Å². The summed E-state index contributed by atoms with van der Waals surface area (Å²) in [6.07, 6.45) is 6.43. The highest BCUT2D eigenvalue weighted by Crippen LogP contribution is 2.32. The van der Waals surface area contributed by atoms with E-state index in [0.29, 0.717) is 23.3 Å². The molecule has 0 bridgehead atoms. The van der Waals surface area contributed by atoms with Gasteiger partial charge in [0.1, 0.15) is 11.0 Å². The Bertz CT molecular complexity index is 1410. The van der Waals surface area contributed by atoms with Crippen molar-refractivity contribution in [1.29, 1.82) is 0 Å². The second kappa shape index (κ2) is 10.2. The third-order valence-corrected chi connectivity index (χ3v) is 6.61. The fourth-order valence-electron chi connectivity index (χ4n) is 4.50. The zero-order chi connectivity index (χ0) is 24.4. The van der Waals surface area contributed by atoms with Crippen molar-refractivity contribution in [2.45, 2.75) is 19.5 Å². The van der Waals surface area contributed by atoms with Gasteiger partial charge in [0.15, 0.2) is 0 Å². The summed E-state index contributed by atoms with van der Waals surface area (Å²) in [6, 6.07) is 15.5. The van der Waals surface area contributed by atoms with Gasteiger partial charge in [0, 0.05) is 54.9 Å².